The number of carbonyl (C=O) groups excluding carboxylic acids is 2. The number of aliphatic hydroxyl groups excluding tert-OH is 6. The molecule has 0 aliphatic carbocycles. The molecule has 0 amide bonds. The van der Waals surface area contributed by atoms with Gasteiger partial charge >= 0.3 is 11.9 Å². The van der Waals surface area contributed by atoms with Crippen LogP contribution in [-0.4, -0.2) is 166 Å². The first-order valence-electron chi connectivity index (χ1n) is 16.8. The maximum Gasteiger partial charge on any atom is 0.335 e. The van der Waals surface area contributed by atoms with Crippen LogP contribution in [0.5, 0.6) is 0 Å². The summed E-state index contributed by atoms with van der Waals surface area (Å²) in [6.45, 7) is 13.4. The van der Waals surface area contributed by atoms with Gasteiger partial charge < -0.3 is 68.5 Å². The zero-order chi connectivity index (χ0) is 37.9. The molecule has 0 heterocycles. The number of esters is 2. The van der Waals surface area contributed by atoms with E-state index in [4.69, 9.17) is 37.9 Å². The largest absolute Gasteiger partial charge is 0.460 e. The number of aliphatic hydroxyl groups is 6. The zero-order valence-electron chi connectivity index (χ0n) is 30.1. The standard InChI is InChI=1S/C34H62O16/c1-23(2)33(41)48-20-29(40)19-44-14-25(5)13-43-16-27(9-36)17-46-21-30(11-38)47-18-28(10-37)26(6)15-45-22-31(12-39)49-32(7-8-35)50-34(42)24(3)4/h25-32,35-40H,1,3,7-22H2,2,4-6H3. The van der Waals surface area contributed by atoms with Crippen LogP contribution in [-0.2, 0) is 47.5 Å². The first-order valence-corrected chi connectivity index (χ1v) is 16.8. The lowest BCUT2D eigenvalue weighted by Gasteiger charge is -2.26. The van der Waals surface area contributed by atoms with E-state index < -0.39 is 43.1 Å². The lowest BCUT2D eigenvalue weighted by molar-refractivity contribution is -0.200. The van der Waals surface area contributed by atoms with Crippen molar-refractivity contribution in [3.8, 4) is 0 Å². The van der Waals surface area contributed by atoms with Gasteiger partial charge in [-0.15, -0.1) is 0 Å². The summed E-state index contributed by atoms with van der Waals surface area (Å²) in [5.41, 5.74) is 0.408. The van der Waals surface area contributed by atoms with E-state index in [-0.39, 0.29) is 121 Å². The second kappa shape index (κ2) is 29.5. The van der Waals surface area contributed by atoms with E-state index in [2.05, 4.69) is 13.2 Å². The maximum atomic E-state index is 11.8. The summed E-state index contributed by atoms with van der Waals surface area (Å²) in [6.07, 6.45) is -3.55. The average molecular weight is 727 g/mol. The highest BCUT2D eigenvalue weighted by molar-refractivity contribution is 5.87. The minimum absolute atomic E-state index is 0.00324. The van der Waals surface area contributed by atoms with Gasteiger partial charge in [-0.3, -0.25) is 0 Å². The van der Waals surface area contributed by atoms with Crippen molar-refractivity contribution in [2.75, 3.05) is 99.1 Å². The SMILES string of the molecule is C=C(C)C(=O)OCC(O)COCC(C)COCC(CO)COCC(CO)OCC(CO)C(C)COCC(CO)OC(CCO)OC(=O)C(=C)C. The molecular formula is C34H62O16. The van der Waals surface area contributed by atoms with Gasteiger partial charge in [0.25, 0.3) is 0 Å². The van der Waals surface area contributed by atoms with Crippen molar-refractivity contribution in [1.29, 1.82) is 0 Å². The molecule has 16 nitrogen and oxygen atoms in total. The van der Waals surface area contributed by atoms with E-state index in [1.54, 1.807) is 0 Å². The van der Waals surface area contributed by atoms with Crippen LogP contribution in [0.4, 0.5) is 0 Å². The third-order valence-electron chi connectivity index (χ3n) is 7.11. The summed E-state index contributed by atoms with van der Waals surface area (Å²) in [6, 6.07) is 0. The quantitative estimate of drug-likeness (QED) is 0.0287. The van der Waals surface area contributed by atoms with Crippen molar-refractivity contribution < 1.29 is 78.1 Å². The molecule has 0 fully saturated rings. The minimum atomic E-state index is -1.09. The molecule has 0 saturated carbocycles. The van der Waals surface area contributed by atoms with Gasteiger partial charge in [-0.1, -0.05) is 27.0 Å². The summed E-state index contributed by atoms with van der Waals surface area (Å²) < 4.78 is 43.8. The Kier molecular flexibility index (Phi) is 28.3. The van der Waals surface area contributed by atoms with Gasteiger partial charge in [-0.25, -0.2) is 9.59 Å². The van der Waals surface area contributed by atoms with Crippen LogP contribution in [0.2, 0.25) is 0 Å². The number of hydrogen-bond acceptors (Lipinski definition) is 16. The van der Waals surface area contributed by atoms with E-state index in [0.29, 0.717) is 13.2 Å². The van der Waals surface area contributed by atoms with Crippen molar-refractivity contribution >= 4 is 11.9 Å². The number of carbonyl (C=O) groups is 2. The second-order valence-corrected chi connectivity index (χ2v) is 12.5. The molecule has 0 rings (SSSR count). The molecule has 0 spiro atoms. The van der Waals surface area contributed by atoms with Crippen molar-refractivity contribution in [3.05, 3.63) is 24.3 Å². The Hall–Kier alpha value is -2.06. The molecule has 0 aromatic carbocycles. The fourth-order valence-electron chi connectivity index (χ4n) is 3.91. The van der Waals surface area contributed by atoms with Crippen molar-refractivity contribution in [2.24, 2.45) is 23.7 Å². The molecule has 6 N–H and O–H groups in total. The van der Waals surface area contributed by atoms with Gasteiger partial charge in [-0.2, -0.15) is 0 Å². The average Bonchev–Trinajstić information content (AvgIpc) is 3.08. The molecule has 0 saturated heterocycles. The lowest BCUT2D eigenvalue weighted by Crippen LogP contribution is -2.35. The highest BCUT2D eigenvalue weighted by Gasteiger charge is 2.23. The molecule has 16 heteroatoms. The van der Waals surface area contributed by atoms with Crippen LogP contribution >= 0.6 is 0 Å². The summed E-state index contributed by atoms with van der Waals surface area (Å²) in [5, 5.41) is 58.2. The lowest BCUT2D eigenvalue weighted by atomic mass is 9.96. The Bertz CT molecular complexity index is 918. The van der Waals surface area contributed by atoms with Crippen LogP contribution in [0.15, 0.2) is 24.3 Å². The van der Waals surface area contributed by atoms with Crippen LogP contribution < -0.4 is 0 Å². The van der Waals surface area contributed by atoms with Gasteiger partial charge in [0.1, 0.15) is 24.9 Å². The molecule has 8 atom stereocenters. The molecule has 0 aliphatic heterocycles. The second-order valence-electron chi connectivity index (χ2n) is 12.5. The molecule has 50 heavy (non-hydrogen) atoms. The number of ether oxygens (including phenoxy) is 8. The van der Waals surface area contributed by atoms with Crippen LogP contribution in [0.25, 0.3) is 0 Å². The molecule has 8 unspecified atom stereocenters. The predicted molar refractivity (Wildman–Crippen MR) is 180 cm³/mol. The third-order valence-corrected chi connectivity index (χ3v) is 7.11. The maximum absolute atomic E-state index is 11.8. The van der Waals surface area contributed by atoms with E-state index in [0.717, 1.165) is 0 Å². The van der Waals surface area contributed by atoms with Crippen molar-refractivity contribution in [3.63, 3.8) is 0 Å². The Balaban J connectivity index is 4.42. The molecule has 294 valence electrons. The first-order chi connectivity index (χ1) is 23.8. The Morgan fingerprint density at radius 3 is 1.74 bits per heavy atom. The van der Waals surface area contributed by atoms with E-state index in [9.17, 15) is 40.2 Å². The summed E-state index contributed by atoms with van der Waals surface area (Å²) in [4.78, 5) is 23.2. The summed E-state index contributed by atoms with van der Waals surface area (Å²) >= 11 is 0. The molecule has 0 bridgehead atoms. The normalized spacial score (nSPS) is 16.4. The van der Waals surface area contributed by atoms with Crippen molar-refractivity contribution in [2.45, 2.75) is 58.7 Å². The smallest absolute Gasteiger partial charge is 0.335 e. The Morgan fingerprint density at radius 2 is 1.20 bits per heavy atom. The van der Waals surface area contributed by atoms with E-state index in [1.807, 2.05) is 13.8 Å². The van der Waals surface area contributed by atoms with Gasteiger partial charge in [0.2, 0.25) is 6.29 Å². The number of hydrogen-bond donors (Lipinski definition) is 6. The predicted octanol–water partition coefficient (Wildman–Crippen LogP) is -0.395. The molecule has 0 aliphatic rings. The third kappa shape index (κ3) is 23.4. The highest BCUT2D eigenvalue weighted by atomic mass is 16.7. The van der Waals surface area contributed by atoms with Gasteiger partial charge in [0, 0.05) is 55.1 Å². The fraction of sp³-hybridized carbons (Fsp3) is 0.824. The van der Waals surface area contributed by atoms with E-state index >= 15 is 0 Å². The topological polar surface area (TPSA) is 229 Å². The molecule has 0 aromatic heterocycles. The zero-order valence-corrected chi connectivity index (χ0v) is 30.1. The van der Waals surface area contributed by atoms with Crippen molar-refractivity contribution in [1.82, 2.24) is 0 Å². The highest BCUT2D eigenvalue weighted by Crippen LogP contribution is 2.15. The number of rotatable bonds is 33. The Labute approximate surface area is 295 Å². The summed E-state index contributed by atoms with van der Waals surface area (Å²) in [7, 11) is 0. The van der Waals surface area contributed by atoms with Gasteiger partial charge in [-0.05, 0) is 19.8 Å². The van der Waals surface area contributed by atoms with Gasteiger partial charge in [0.05, 0.1) is 72.7 Å². The molecule has 0 aromatic rings. The Morgan fingerprint density at radius 1 is 0.640 bits per heavy atom. The van der Waals surface area contributed by atoms with Gasteiger partial charge in [0.15, 0.2) is 0 Å². The fourth-order valence-corrected chi connectivity index (χ4v) is 3.91. The first kappa shape index (κ1) is 47.9. The molecule has 0 radical (unpaired) electrons. The minimum Gasteiger partial charge on any atom is -0.460 e. The van der Waals surface area contributed by atoms with E-state index in [1.165, 1.54) is 13.8 Å². The molecular weight excluding hydrogens is 664 g/mol. The summed E-state index contributed by atoms with van der Waals surface area (Å²) in [5.74, 6) is -2.12. The monoisotopic (exact) mass is 726 g/mol. The van der Waals surface area contributed by atoms with Crippen LogP contribution in [0.3, 0.4) is 0 Å². The van der Waals surface area contributed by atoms with Crippen LogP contribution in [0.1, 0.15) is 34.1 Å². The van der Waals surface area contributed by atoms with Crippen LogP contribution in [0, 0.1) is 23.7 Å².